The number of nitrogens with zero attached hydrogens (tertiary/aromatic N) is 1. The minimum atomic E-state index is 0. The number of hydrogen-bond donors (Lipinski definition) is 2. The molecule has 0 bridgehead atoms. The van der Waals surface area contributed by atoms with Crippen molar-refractivity contribution in [3.8, 4) is 0 Å². The molecule has 106 valence electrons. The van der Waals surface area contributed by atoms with Crippen LogP contribution in [0.25, 0.3) is 0 Å². The molecule has 1 aliphatic heterocycles. The number of rotatable bonds is 6. The molecule has 0 aliphatic carbocycles. The predicted molar refractivity (Wildman–Crippen MR) is 77.2 cm³/mol. The fraction of sp³-hybridized carbons (Fsp3) is 1.00. The minimum absolute atomic E-state index is 0. The number of ether oxygens (including phenoxy) is 1. The van der Waals surface area contributed by atoms with Gasteiger partial charge in [-0.3, -0.25) is 4.90 Å². The molecule has 0 aromatic carbocycles. The molecule has 17 heavy (non-hydrogen) atoms. The first-order valence-electron chi connectivity index (χ1n) is 6.03. The standard InChI is InChI=1S/C11H25N3O.2ClH/c1-10(13)11-4-2-3-6-14(11)7-9-15-8-5-12;;/h10-11H,2-9,12-13H2,1H3;2*1H. The van der Waals surface area contributed by atoms with Crippen LogP contribution in [0.3, 0.4) is 0 Å². The zero-order chi connectivity index (χ0) is 11.1. The Morgan fingerprint density at radius 1 is 1.29 bits per heavy atom. The van der Waals surface area contributed by atoms with Crippen molar-refractivity contribution in [2.45, 2.75) is 38.3 Å². The highest BCUT2D eigenvalue weighted by atomic mass is 35.5. The average Bonchev–Trinajstić information content (AvgIpc) is 2.25. The molecule has 0 aromatic rings. The fourth-order valence-corrected chi connectivity index (χ4v) is 2.26. The SMILES string of the molecule is CC(N)C1CCCCN1CCOCCN.Cl.Cl. The summed E-state index contributed by atoms with van der Waals surface area (Å²) < 4.78 is 5.41. The number of likely N-dealkylation sites (tertiary alicyclic amines) is 1. The summed E-state index contributed by atoms with van der Waals surface area (Å²) >= 11 is 0. The highest BCUT2D eigenvalue weighted by molar-refractivity contribution is 5.85. The van der Waals surface area contributed by atoms with Crippen LogP contribution in [-0.4, -0.2) is 49.8 Å². The topological polar surface area (TPSA) is 64.5 Å². The molecule has 1 fully saturated rings. The normalized spacial score (nSPS) is 22.4. The zero-order valence-corrected chi connectivity index (χ0v) is 12.3. The molecule has 1 saturated heterocycles. The lowest BCUT2D eigenvalue weighted by molar-refractivity contribution is 0.0682. The van der Waals surface area contributed by atoms with Gasteiger partial charge in [0.05, 0.1) is 13.2 Å². The van der Waals surface area contributed by atoms with Crippen LogP contribution in [0.1, 0.15) is 26.2 Å². The second-order valence-corrected chi connectivity index (χ2v) is 4.36. The maximum absolute atomic E-state index is 5.99. The van der Waals surface area contributed by atoms with E-state index in [9.17, 15) is 0 Å². The van der Waals surface area contributed by atoms with Crippen LogP contribution in [0, 0.1) is 0 Å². The van der Waals surface area contributed by atoms with E-state index in [0.29, 0.717) is 19.2 Å². The molecular weight excluding hydrogens is 261 g/mol. The van der Waals surface area contributed by atoms with E-state index in [1.807, 2.05) is 0 Å². The van der Waals surface area contributed by atoms with Gasteiger partial charge in [0, 0.05) is 25.2 Å². The van der Waals surface area contributed by atoms with Gasteiger partial charge in [0.1, 0.15) is 0 Å². The summed E-state index contributed by atoms with van der Waals surface area (Å²) in [6, 6.07) is 0.806. The number of nitrogens with two attached hydrogens (primary N) is 2. The average molecular weight is 288 g/mol. The summed E-state index contributed by atoms with van der Waals surface area (Å²) in [5.41, 5.74) is 11.4. The van der Waals surface area contributed by atoms with Crippen molar-refractivity contribution in [3.63, 3.8) is 0 Å². The van der Waals surface area contributed by atoms with Crippen LogP contribution in [0.5, 0.6) is 0 Å². The molecule has 0 amide bonds. The van der Waals surface area contributed by atoms with Gasteiger partial charge in [-0.1, -0.05) is 6.42 Å². The Balaban J connectivity index is 0. The van der Waals surface area contributed by atoms with E-state index >= 15 is 0 Å². The Labute approximate surface area is 117 Å². The van der Waals surface area contributed by atoms with Crippen molar-refractivity contribution in [3.05, 3.63) is 0 Å². The first-order chi connectivity index (χ1) is 7.25. The van der Waals surface area contributed by atoms with Gasteiger partial charge in [-0.25, -0.2) is 0 Å². The van der Waals surface area contributed by atoms with Crippen LogP contribution in [0.2, 0.25) is 0 Å². The van der Waals surface area contributed by atoms with Gasteiger partial charge in [-0.2, -0.15) is 0 Å². The van der Waals surface area contributed by atoms with E-state index < -0.39 is 0 Å². The van der Waals surface area contributed by atoms with Crippen LogP contribution >= 0.6 is 24.8 Å². The second kappa shape index (κ2) is 11.5. The summed E-state index contributed by atoms with van der Waals surface area (Å²) in [6.07, 6.45) is 3.83. The zero-order valence-electron chi connectivity index (χ0n) is 10.6. The monoisotopic (exact) mass is 287 g/mol. The minimum Gasteiger partial charge on any atom is -0.379 e. The Kier molecular flexibility index (Phi) is 13.4. The van der Waals surface area contributed by atoms with Crippen LogP contribution in [0.4, 0.5) is 0 Å². The van der Waals surface area contributed by atoms with Gasteiger partial charge in [0.15, 0.2) is 0 Å². The van der Waals surface area contributed by atoms with Gasteiger partial charge in [0.2, 0.25) is 0 Å². The van der Waals surface area contributed by atoms with E-state index in [-0.39, 0.29) is 30.9 Å². The van der Waals surface area contributed by atoms with E-state index in [0.717, 1.165) is 19.7 Å². The summed E-state index contributed by atoms with van der Waals surface area (Å²) in [4.78, 5) is 2.46. The quantitative estimate of drug-likeness (QED) is 0.716. The summed E-state index contributed by atoms with van der Waals surface area (Å²) in [6.45, 7) is 6.31. The Hall–Kier alpha value is 0.420. The molecule has 1 heterocycles. The molecule has 2 unspecified atom stereocenters. The first-order valence-corrected chi connectivity index (χ1v) is 6.03. The summed E-state index contributed by atoms with van der Waals surface area (Å²) in [7, 11) is 0. The van der Waals surface area contributed by atoms with Gasteiger partial charge in [0.25, 0.3) is 0 Å². The molecular formula is C11H27Cl2N3O. The first kappa shape index (κ1) is 19.8. The second-order valence-electron chi connectivity index (χ2n) is 4.36. The molecule has 2 atom stereocenters. The van der Waals surface area contributed by atoms with E-state index in [2.05, 4.69) is 11.8 Å². The third-order valence-corrected chi connectivity index (χ3v) is 3.06. The lowest BCUT2D eigenvalue weighted by atomic mass is 9.97. The Morgan fingerprint density at radius 2 is 2.00 bits per heavy atom. The molecule has 0 aromatic heterocycles. The largest absolute Gasteiger partial charge is 0.379 e. The van der Waals surface area contributed by atoms with Crippen LogP contribution in [0.15, 0.2) is 0 Å². The molecule has 0 radical (unpaired) electrons. The van der Waals surface area contributed by atoms with E-state index in [4.69, 9.17) is 16.2 Å². The van der Waals surface area contributed by atoms with E-state index in [1.165, 1.54) is 19.3 Å². The van der Waals surface area contributed by atoms with Crippen molar-refractivity contribution in [2.24, 2.45) is 11.5 Å². The van der Waals surface area contributed by atoms with Gasteiger partial charge >= 0.3 is 0 Å². The highest BCUT2D eigenvalue weighted by Crippen LogP contribution is 2.18. The summed E-state index contributed by atoms with van der Waals surface area (Å²) in [5, 5.41) is 0. The third-order valence-electron chi connectivity index (χ3n) is 3.06. The molecule has 6 heteroatoms. The van der Waals surface area contributed by atoms with Crippen molar-refractivity contribution in [1.82, 2.24) is 4.90 Å². The van der Waals surface area contributed by atoms with Crippen molar-refractivity contribution >= 4 is 24.8 Å². The molecule has 1 rings (SSSR count). The van der Waals surface area contributed by atoms with Crippen molar-refractivity contribution in [2.75, 3.05) is 32.8 Å². The van der Waals surface area contributed by atoms with Gasteiger partial charge in [-0.05, 0) is 26.3 Å². The maximum atomic E-state index is 5.99. The lowest BCUT2D eigenvalue weighted by Gasteiger charge is -2.37. The Bertz CT molecular complexity index is 173. The molecule has 4 nitrogen and oxygen atoms in total. The van der Waals surface area contributed by atoms with Gasteiger partial charge in [-0.15, -0.1) is 24.8 Å². The lowest BCUT2D eigenvalue weighted by Crippen LogP contribution is -2.50. The van der Waals surface area contributed by atoms with Crippen molar-refractivity contribution in [1.29, 1.82) is 0 Å². The van der Waals surface area contributed by atoms with Gasteiger partial charge < -0.3 is 16.2 Å². The van der Waals surface area contributed by atoms with E-state index in [1.54, 1.807) is 0 Å². The van der Waals surface area contributed by atoms with Crippen LogP contribution < -0.4 is 11.5 Å². The predicted octanol–water partition coefficient (Wildman–Crippen LogP) is 1.01. The highest BCUT2D eigenvalue weighted by Gasteiger charge is 2.24. The third kappa shape index (κ3) is 7.44. The number of piperidine rings is 1. The number of halogens is 2. The molecule has 0 spiro atoms. The molecule has 1 aliphatic rings. The number of hydrogen-bond acceptors (Lipinski definition) is 4. The van der Waals surface area contributed by atoms with Crippen molar-refractivity contribution < 1.29 is 4.74 Å². The van der Waals surface area contributed by atoms with Crippen LogP contribution in [-0.2, 0) is 4.74 Å². The molecule has 4 N–H and O–H groups in total. The fourth-order valence-electron chi connectivity index (χ4n) is 2.26. The molecule has 0 saturated carbocycles. The maximum Gasteiger partial charge on any atom is 0.0594 e. The smallest absolute Gasteiger partial charge is 0.0594 e. The Morgan fingerprint density at radius 3 is 2.59 bits per heavy atom. The summed E-state index contributed by atoms with van der Waals surface area (Å²) in [5.74, 6) is 0.